The molecule has 2 heterocycles. The number of hydrogen-bond acceptors (Lipinski definition) is 7. The number of nitrogens with one attached hydrogen (secondary N) is 1. The van der Waals surface area contributed by atoms with Crippen molar-refractivity contribution >= 4 is 6.09 Å². The van der Waals surface area contributed by atoms with Crippen molar-refractivity contribution in [2.45, 2.75) is 50.1 Å². The lowest BCUT2D eigenvalue weighted by Crippen LogP contribution is -2.67. The van der Waals surface area contributed by atoms with Crippen molar-refractivity contribution < 1.29 is 33.2 Å². The molecule has 2 saturated heterocycles. The molecule has 3 aromatic carbocycles. The van der Waals surface area contributed by atoms with E-state index in [1.54, 1.807) is 0 Å². The minimum absolute atomic E-state index is 0.139. The van der Waals surface area contributed by atoms with Crippen molar-refractivity contribution in [3.8, 4) is 0 Å². The molecule has 0 aliphatic carbocycles. The number of hydrogen-bond donors (Lipinski definition) is 1. The Morgan fingerprint density at radius 1 is 0.865 bits per heavy atom. The molecular formula is C29H31NO7. The van der Waals surface area contributed by atoms with Gasteiger partial charge in [0, 0.05) is 12.7 Å². The number of alkyl carbamates (subject to hydrolysis) is 1. The van der Waals surface area contributed by atoms with Crippen LogP contribution in [-0.4, -0.2) is 50.5 Å². The summed E-state index contributed by atoms with van der Waals surface area (Å²) in [6.07, 6.45) is -3.52. The molecule has 2 aliphatic rings. The topological polar surface area (TPSA) is 84.5 Å². The molecule has 2 aliphatic heterocycles. The third-order valence-electron chi connectivity index (χ3n) is 6.43. The molecule has 0 bridgehead atoms. The lowest BCUT2D eigenvalue weighted by molar-refractivity contribution is -0.346. The summed E-state index contributed by atoms with van der Waals surface area (Å²) in [5.41, 5.74) is 2.77. The summed E-state index contributed by atoms with van der Waals surface area (Å²) >= 11 is 0. The highest BCUT2D eigenvalue weighted by molar-refractivity contribution is 5.67. The van der Waals surface area contributed by atoms with E-state index in [-0.39, 0.29) is 6.61 Å². The van der Waals surface area contributed by atoms with E-state index in [9.17, 15) is 4.79 Å². The molecule has 8 nitrogen and oxygen atoms in total. The largest absolute Gasteiger partial charge is 0.445 e. The molecular weight excluding hydrogens is 474 g/mol. The van der Waals surface area contributed by atoms with Crippen molar-refractivity contribution in [3.63, 3.8) is 0 Å². The van der Waals surface area contributed by atoms with Gasteiger partial charge in [-0.2, -0.15) is 0 Å². The van der Waals surface area contributed by atoms with Gasteiger partial charge in [-0.05, 0) is 11.1 Å². The highest BCUT2D eigenvalue weighted by Crippen LogP contribution is 2.36. The molecule has 1 N–H and O–H groups in total. The van der Waals surface area contributed by atoms with E-state index in [2.05, 4.69) is 5.32 Å². The molecule has 8 heteroatoms. The second-order valence-corrected chi connectivity index (χ2v) is 8.95. The number of ether oxygens (including phenoxy) is 6. The molecule has 37 heavy (non-hydrogen) atoms. The van der Waals surface area contributed by atoms with Crippen molar-refractivity contribution in [1.82, 2.24) is 5.32 Å². The minimum Gasteiger partial charge on any atom is -0.445 e. The molecule has 5 rings (SSSR count). The van der Waals surface area contributed by atoms with Crippen LogP contribution in [0, 0.1) is 0 Å². The maximum absolute atomic E-state index is 12.8. The minimum atomic E-state index is -0.785. The molecule has 4 unspecified atom stereocenters. The van der Waals surface area contributed by atoms with Gasteiger partial charge < -0.3 is 33.7 Å². The fourth-order valence-electron chi connectivity index (χ4n) is 4.57. The molecule has 0 spiro atoms. The van der Waals surface area contributed by atoms with Crippen molar-refractivity contribution in [3.05, 3.63) is 108 Å². The molecule has 0 radical (unpaired) electrons. The number of fused-ring (bicyclic) bond motifs is 1. The quantitative estimate of drug-likeness (QED) is 0.487. The fraction of sp³-hybridized carbons (Fsp3) is 0.345. The summed E-state index contributed by atoms with van der Waals surface area (Å²) in [5, 5.41) is 2.91. The van der Waals surface area contributed by atoms with Crippen LogP contribution in [0.15, 0.2) is 91.0 Å². The number of benzene rings is 3. The van der Waals surface area contributed by atoms with Gasteiger partial charge in [-0.1, -0.05) is 91.0 Å². The summed E-state index contributed by atoms with van der Waals surface area (Å²) in [5.74, 6) is 0. The van der Waals surface area contributed by atoms with Crippen molar-refractivity contribution in [1.29, 1.82) is 0 Å². The van der Waals surface area contributed by atoms with Crippen LogP contribution in [0.25, 0.3) is 0 Å². The normalized spacial score (nSPS) is 27.2. The second-order valence-electron chi connectivity index (χ2n) is 8.95. The first-order chi connectivity index (χ1) is 18.2. The molecule has 194 valence electrons. The Morgan fingerprint density at radius 3 is 2.14 bits per heavy atom. The van der Waals surface area contributed by atoms with Crippen LogP contribution in [-0.2, 0) is 41.6 Å². The van der Waals surface area contributed by atoms with E-state index in [1.807, 2.05) is 91.0 Å². The molecule has 0 saturated carbocycles. The van der Waals surface area contributed by atoms with E-state index < -0.39 is 43.0 Å². The van der Waals surface area contributed by atoms with Crippen LogP contribution in [0.5, 0.6) is 0 Å². The van der Waals surface area contributed by atoms with Crippen molar-refractivity contribution in [2.75, 3.05) is 13.7 Å². The van der Waals surface area contributed by atoms with Crippen molar-refractivity contribution in [2.24, 2.45) is 0 Å². The number of carbonyl (C=O) groups excluding carboxylic acids is 1. The van der Waals surface area contributed by atoms with Gasteiger partial charge in [-0.3, -0.25) is 0 Å². The van der Waals surface area contributed by atoms with Crippen LogP contribution in [0.4, 0.5) is 4.79 Å². The Bertz CT molecular complexity index is 1110. The van der Waals surface area contributed by atoms with Gasteiger partial charge in [0.05, 0.1) is 13.2 Å². The highest BCUT2D eigenvalue weighted by atomic mass is 16.7. The maximum Gasteiger partial charge on any atom is 0.407 e. The zero-order valence-corrected chi connectivity index (χ0v) is 20.6. The monoisotopic (exact) mass is 505 g/mol. The first-order valence-corrected chi connectivity index (χ1v) is 12.3. The molecule has 6 atom stereocenters. The number of rotatable bonds is 8. The van der Waals surface area contributed by atoms with E-state index >= 15 is 0 Å². The smallest absolute Gasteiger partial charge is 0.407 e. The second kappa shape index (κ2) is 12.3. The van der Waals surface area contributed by atoms with Crippen LogP contribution in [0.2, 0.25) is 0 Å². The molecule has 1 amide bonds. The zero-order chi connectivity index (χ0) is 25.5. The first-order valence-electron chi connectivity index (χ1n) is 12.3. The Hall–Kier alpha value is -3.27. The van der Waals surface area contributed by atoms with Gasteiger partial charge in [-0.25, -0.2) is 4.79 Å². The van der Waals surface area contributed by atoms with Crippen LogP contribution < -0.4 is 5.32 Å². The summed E-state index contributed by atoms with van der Waals surface area (Å²) in [6.45, 7) is 0.753. The van der Waals surface area contributed by atoms with E-state index in [0.717, 1.165) is 16.7 Å². The lowest BCUT2D eigenvalue weighted by Gasteiger charge is -2.48. The van der Waals surface area contributed by atoms with Crippen LogP contribution >= 0.6 is 0 Å². The highest BCUT2D eigenvalue weighted by Gasteiger charge is 2.51. The average Bonchev–Trinajstić information content (AvgIpc) is 2.96. The summed E-state index contributed by atoms with van der Waals surface area (Å²) in [4.78, 5) is 12.8. The predicted octanol–water partition coefficient (Wildman–Crippen LogP) is 4.35. The summed E-state index contributed by atoms with van der Waals surface area (Å²) in [6, 6.07) is 28.3. The molecule has 2 fully saturated rings. The van der Waals surface area contributed by atoms with E-state index in [1.165, 1.54) is 7.11 Å². The third kappa shape index (κ3) is 6.36. The van der Waals surface area contributed by atoms with Gasteiger partial charge in [0.2, 0.25) is 0 Å². The predicted molar refractivity (Wildman–Crippen MR) is 134 cm³/mol. The number of carbonyl (C=O) groups is 1. The SMILES string of the molecule is CO[C@H]1OC2COC(c3ccccc3)O[C@H]2C(OCc2ccccc2)C1NC(=O)OCc1ccccc1. The zero-order valence-electron chi connectivity index (χ0n) is 20.6. The van der Waals surface area contributed by atoms with Gasteiger partial charge >= 0.3 is 6.09 Å². The van der Waals surface area contributed by atoms with Gasteiger partial charge in [-0.15, -0.1) is 0 Å². The molecule has 3 aromatic rings. The van der Waals surface area contributed by atoms with E-state index in [4.69, 9.17) is 28.4 Å². The van der Waals surface area contributed by atoms with Gasteiger partial charge in [0.25, 0.3) is 0 Å². The van der Waals surface area contributed by atoms with Crippen LogP contribution in [0.3, 0.4) is 0 Å². The third-order valence-corrected chi connectivity index (χ3v) is 6.43. The maximum atomic E-state index is 12.8. The summed E-state index contributed by atoms with van der Waals surface area (Å²) < 4.78 is 36.0. The molecule has 0 aromatic heterocycles. The fourth-order valence-corrected chi connectivity index (χ4v) is 4.57. The Labute approximate surface area is 216 Å². The van der Waals surface area contributed by atoms with Gasteiger partial charge in [0.1, 0.15) is 31.0 Å². The Morgan fingerprint density at radius 2 is 1.49 bits per heavy atom. The van der Waals surface area contributed by atoms with Crippen LogP contribution in [0.1, 0.15) is 23.0 Å². The lowest BCUT2D eigenvalue weighted by atomic mass is 9.95. The average molecular weight is 506 g/mol. The number of methoxy groups -OCH3 is 1. The van der Waals surface area contributed by atoms with E-state index in [0.29, 0.717) is 13.2 Å². The number of amides is 1. The first kappa shape index (κ1) is 25.4. The van der Waals surface area contributed by atoms with Gasteiger partial charge in [0.15, 0.2) is 12.6 Å². The Balaban J connectivity index is 1.35. The summed E-state index contributed by atoms with van der Waals surface area (Å²) in [7, 11) is 1.53. The Kier molecular flexibility index (Phi) is 8.45. The standard InChI is InChI=1S/C29H31NO7/c1-32-28-24(30-29(31)35-18-21-13-7-3-8-14-21)26(33-17-20-11-5-2-6-12-20)25-23(36-28)19-34-27(37-25)22-15-9-4-10-16-22/h2-16,23-28H,17-19H2,1H3,(H,30,31)/t23?,24?,25-,26?,27?,28+/m1/s1.